The summed E-state index contributed by atoms with van der Waals surface area (Å²) in [6, 6.07) is 22.6. The average molecular weight is 602 g/mol. The van der Waals surface area contributed by atoms with E-state index in [1.807, 2.05) is 35.7 Å². The molecule has 0 atom stereocenters. The van der Waals surface area contributed by atoms with E-state index in [2.05, 4.69) is 80.9 Å². The maximum Gasteiger partial charge on any atom is 0.0602 e. The van der Waals surface area contributed by atoms with Crippen molar-refractivity contribution in [3.8, 4) is 17.1 Å². The second-order valence-electron chi connectivity index (χ2n) is 8.41. The summed E-state index contributed by atoms with van der Waals surface area (Å²) in [4.78, 5) is 4.73. The Kier molecular flexibility index (Phi) is 6.16. The molecule has 0 unspecified atom stereocenters. The van der Waals surface area contributed by atoms with Gasteiger partial charge in [0.2, 0.25) is 0 Å². The monoisotopic (exact) mass is 602 g/mol. The van der Waals surface area contributed by atoms with E-state index in [0.717, 1.165) is 11.4 Å². The van der Waals surface area contributed by atoms with Crippen molar-refractivity contribution in [2.75, 3.05) is 0 Å². The summed E-state index contributed by atoms with van der Waals surface area (Å²) in [5.74, 6) is 1.73. The number of hydrogen-bond acceptors (Lipinski definition) is 2. The van der Waals surface area contributed by atoms with Crippen LogP contribution in [-0.4, -0.2) is 9.55 Å². The molecule has 0 aliphatic carbocycles. The first-order valence-electron chi connectivity index (χ1n) is 10.5. The Labute approximate surface area is 201 Å². The molecule has 0 bridgehead atoms. The Balaban J connectivity index is 0.00000231. The van der Waals surface area contributed by atoms with E-state index >= 15 is 0 Å². The first-order chi connectivity index (χ1) is 14.6. The summed E-state index contributed by atoms with van der Waals surface area (Å²) in [6.45, 7) is 9.18. The first kappa shape index (κ1) is 22.0. The van der Waals surface area contributed by atoms with E-state index in [1.165, 1.54) is 37.0 Å². The fourth-order valence-corrected chi connectivity index (χ4v) is 5.59. The van der Waals surface area contributed by atoms with Gasteiger partial charge in [0.25, 0.3) is 0 Å². The maximum absolute atomic E-state index is 4.73. The zero-order chi connectivity index (χ0) is 20.8. The fourth-order valence-electron chi connectivity index (χ4n) is 4.41. The molecule has 0 spiro atoms. The van der Waals surface area contributed by atoms with Gasteiger partial charge in [-0.3, -0.25) is 4.98 Å². The molecule has 2 heterocycles. The molecule has 0 saturated heterocycles. The Morgan fingerprint density at radius 2 is 1.71 bits per heavy atom. The molecular formula is C27H25IrN2S-. The van der Waals surface area contributed by atoms with Crippen LogP contribution in [0, 0.1) is 6.07 Å². The number of imidazole rings is 1. The van der Waals surface area contributed by atoms with Crippen LogP contribution >= 0.6 is 11.3 Å². The van der Waals surface area contributed by atoms with E-state index in [9.17, 15) is 0 Å². The summed E-state index contributed by atoms with van der Waals surface area (Å²) in [5.41, 5.74) is 5.07. The SMILES string of the molecule is CC(C)c1cc2sc3ccccc3c2c(C(C)C)c1-n1ccnc1-c1[c-]cccc1.[Ir]. The second kappa shape index (κ2) is 8.70. The van der Waals surface area contributed by atoms with Crippen LogP contribution < -0.4 is 0 Å². The molecule has 4 heteroatoms. The largest absolute Gasteiger partial charge is 0.339 e. The van der Waals surface area contributed by atoms with Crippen molar-refractivity contribution in [1.82, 2.24) is 9.55 Å². The Hall–Kier alpha value is -2.26. The normalized spacial score (nSPS) is 11.5. The number of aromatic nitrogens is 2. The van der Waals surface area contributed by atoms with Crippen molar-refractivity contribution in [2.45, 2.75) is 39.5 Å². The standard InChI is InChI=1S/C27H25N2S.Ir/c1-17(2)21-16-23-25(20-12-8-9-13-22(20)30-23)24(18(3)4)26(21)29-15-14-28-27(29)19-10-6-5-7-11-19;/h5-10,12-18H,1-4H3;/q-1;. The van der Waals surface area contributed by atoms with E-state index in [0.29, 0.717) is 11.8 Å². The van der Waals surface area contributed by atoms with Crippen LogP contribution in [0.25, 0.3) is 37.2 Å². The molecular weight excluding hydrogens is 577 g/mol. The summed E-state index contributed by atoms with van der Waals surface area (Å²) in [5, 5.41) is 2.74. The third kappa shape index (κ3) is 3.67. The molecule has 1 radical (unpaired) electrons. The molecule has 0 aliphatic heterocycles. The number of benzene rings is 3. The second-order valence-corrected chi connectivity index (χ2v) is 9.49. The summed E-state index contributed by atoms with van der Waals surface area (Å²) in [6.07, 6.45) is 4.00. The van der Waals surface area contributed by atoms with Crippen molar-refractivity contribution in [1.29, 1.82) is 0 Å². The predicted octanol–water partition coefficient (Wildman–Crippen LogP) is 7.95. The van der Waals surface area contributed by atoms with E-state index in [-0.39, 0.29) is 20.1 Å². The minimum atomic E-state index is 0. The Morgan fingerprint density at radius 1 is 0.935 bits per heavy atom. The Bertz CT molecular complexity index is 1350. The van der Waals surface area contributed by atoms with Crippen molar-refractivity contribution in [3.63, 3.8) is 0 Å². The molecule has 0 aliphatic rings. The third-order valence-electron chi connectivity index (χ3n) is 5.74. The maximum atomic E-state index is 4.73. The Morgan fingerprint density at radius 3 is 2.42 bits per heavy atom. The van der Waals surface area contributed by atoms with Gasteiger partial charge in [0.05, 0.1) is 5.82 Å². The van der Waals surface area contributed by atoms with Crippen molar-refractivity contribution in [3.05, 3.63) is 84.2 Å². The third-order valence-corrected chi connectivity index (χ3v) is 6.86. The number of thiophene rings is 1. The average Bonchev–Trinajstić information content (AvgIpc) is 3.37. The van der Waals surface area contributed by atoms with E-state index in [4.69, 9.17) is 4.98 Å². The predicted molar refractivity (Wildman–Crippen MR) is 129 cm³/mol. The number of fused-ring (bicyclic) bond motifs is 3. The molecule has 5 rings (SSSR count). The summed E-state index contributed by atoms with van der Waals surface area (Å²) >= 11 is 1.90. The minimum Gasteiger partial charge on any atom is -0.339 e. The molecule has 0 fully saturated rings. The smallest absolute Gasteiger partial charge is 0.0602 e. The molecule has 0 saturated carbocycles. The molecule has 5 aromatic rings. The van der Waals surface area contributed by atoms with Gasteiger partial charge in [-0.2, -0.15) is 0 Å². The molecule has 31 heavy (non-hydrogen) atoms. The van der Waals surface area contributed by atoms with Gasteiger partial charge in [0.1, 0.15) is 0 Å². The molecule has 0 N–H and O–H groups in total. The van der Waals surface area contributed by atoms with Crippen LogP contribution in [-0.2, 0) is 20.1 Å². The quantitative estimate of drug-likeness (QED) is 0.191. The van der Waals surface area contributed by atoms with Crippen LogP contribution in [0.5, 0.6) is 0 Å². The summed E-state index contributed by atoms with van der Waals surface area (Å²) < 4.78 is 5.01. The summed E-state index contributed by atoms with van der Waals surface area (Å²) in [7, 11) is 0. The van der Waals surface area contributed by atoms with Gasteiger partial charge < -0.3 is 4.57 Å². The zero-order valence-electron chi connectivity index (χ0n) is 18.1. The molecule has 3 aromatic carbocycles. The molecule has 2 nitrogen and oxygen atoms in total. The van der Waals surface area contributed by atoms with Crippen LogP contribution in [0.15, 0.2) is 67.0 Å². The van der Waals surface area contributed by atoms with Gasteiger partial charge in [-0.1, -0.05) is 45.9 Å². The first-order valence-corrected chi connectivity index (χ1v) is 11.4. The number of rotatable bonds is 4. The van der Waals surface area contributed by atoms with Crippen molar-refractivity contribution in [2.24, 2.45) is 0 Å². The topological polar surface area (TPSA) is 17.8 Å². The van der Waals surface area contributed by atoms with Crippen LogP contribution in [0.4, 0.5) is 0 Å². The van der Waals surface area contributed by atoms with Crippen LogP contribution in [0.3, 0.4) is 0 Å². The van der Waals surface area contributed by atoms with Gasteiger partial charge >= 0.3 is 0 Å². The van der Waals surface area contributed by atoms with Crippen LogP contribution in [0.1, 0.15) is 50.7 Å². The van der Waals surface area contributed by atoms with Gasteiger partial charge in [0.15, 0.2) is 0 Å². The minimum absolute atomic E-state index is 0. The van der Waals surface area contributed by atoms with Gasteiger partial charge in [-0.05, 0) is 35.1 Å². The van der Waals surface area contributed by atoms with Gasteiger partial charge in [-0.25, -0.2) is 0 Å². The van der Waals surface area contributed by atoms with E-state index in [1.54, 1.807) is 0 Å². The van der Waals surface area contributed by atoms with Gasteiger partial charge in [-0.15, -0.1) is 47.2 Å². The fraction of sp³-hybridized carbons (Fsp3) is 0.222. The molecule has 159 valence electrons. The van der Waals surface area contributed by atoms with Crippen molar-refractivity contribution >= 4 is 31.5 Å². The van der Waals surface area contributed by atoms with Gasteiger partial charge in [0, 0.05) is 58.4 Å². The molecule has 0 amide bonds. The zero-order valence-corrected chi connectivity index (χ0v) is 21.4. The van der Waals surface area contributed by atoms with E-state index < -0.39 is 0 Å². The number of hydrogen-bond donors (Lipinski definition) is 0. The van der Waals surface area contributed by atoms with Crippen molar-refractivity contribution < 1.29 is 20.1 Å². The number of nitrogens with zero attached hydrogens (tertiary/aromatic N) is 2. The van der Waals surface area contributed by atoms with Crippen LogP contribution in [0.2, 0.25) is 0 Å². The molecule has 2 aromatic heterocycles.